The van der Waals surface area contributed by atoms with Gasteiger partial charge in [0, 0.05) is 5.57 Å². The van der Waals surface area contributed by atoms with E-state index in [-0.39, 0.29) is 0 Å². The Labute approximate surface area is 79.7 Å². The van der Waals surface area contributed by atoms with E-state index >= 15 is 0 Å². The maximum absolute atomic E-state index is 5.49. The molecule has 0 aromatic carbocycles. The van der Waals surface area contributed by atoms with E-state index in [1.165, 1.54) is 0 Å². The molecule has 0 unspecified atom stereocenters. The zero-order valence-electron chi connectivity index (χ0n) is 8.85. The first-order valence-corrected chi connectivity index (χ1v) is 4.76. The molecule has 1 rings (SSSR count). The first-order valence-electron chi connectivity index (χ1n) is 4.76. The summed E-state index contributed by atoms with van der Waals surface area (Å²) in [6, 6.07) is 0. The summed E-state index contributed by atoms with van der Waals surface area (Å²) in [4.78, 5) is 4.33. The summed E-state index contributed by atoms with van der Waals surface area (Å²) in [6.07, 6.45) is 4.42. The van der Waals surface area contributed by atoms with Crippen molar-refractivity contribution in [3.8, 4) is 0 Å². The molecule has 0 atom stereocenters. The number of allylic oxidation sites excluding steroid dienone is 2. The summed E-state index contributed by atoms with van der Waals surface area (Å²) in [6.45, 7) is 8.12. The van der Waals surface area contributed by atoms with Crippen LogP contribution in [0.15, 0.2) is 10.5 Å². The van der Waals surface area contributed by atoms with Crippen molar-refractivity contribution in [2.75, 3.05) is 0 Å². The molecule has 0 amide bonds. The molecule has 0 N–H and O–H groups in total. The second kappa shape index (κ2) is 4.26. The molecule has 1 aromatic rings. The number of oxazole rings is 1. The monoisotopic (exact) mass is 179 g/mol. The van der Waals surface area contributed by atoms with Crippen molar-refractivity contribution in [3.63, 3.8) is 0 Å². The fraction of sp³-hybridized carbons (Fsp3) is 0.545. The van der Waals surface area contributed by atoms with Crippen LogP contribution in [0.3, 0.4) is 0 Å². The van der Waals surface area contributed by atoms with Crippen LogP contribution in [0.2, 0.25) is 0 Å². The summed E-state index contributed by atoms with van der Waals surface area (Å²) in [5, 5.41) is 0. The Morgan fingerprint density at radius 1 is 1.46 bits per heavy atom. The Morgan fingerprint density at radius 2 is 2.15 bits per heavy atom. The highest BCUT2D eigenvalue weighted by Gasteiger charge is 2.05. The number of hydrogen-bond acceptors (Lipinski definition) is 2. The van der Waals surface area contributed by atoms with Gasteiger partial charge in [0.1, 0.15) is 5.76 Å². The van der Waals surface area contributed by atoms with E-state index < -0.39 is 0 Å². The molecule has 1 aromatic heterocycles. The Morgan fingerprint density at radius 3 is 2.62 bits per heavy atom. The molecule has 0 fully saturated rings. The highest BCUT2D eigenvalue weighted by atomic mass is 16.4. The van der Waals surface area contributed by atoms with Gasteiger partial charge in [0.15, 0.2) is 0 Å². The van der Waals surface area contributed by atoms with Crippen LogP contribution in [0.1, 0.15) is 44.0 Å². The van der Waals surface area contributed by atoms with E-state index in [0.29, 0.717) is 0 Å². The second-order valence-electron chi connectivity index (χ2n) is 3.34. The van der Waals surface area contributed by atoms with Crippen molar-refractivity contribution < 1.29 is 4.42 Å². The minimum absolute atomic E-state index is 0.767. The fourth-order valence-corrected chi connectivity index (χ4v) is 1.09. The van der Waals surface area contributed by atoms with Crippen LogP contribution in [0.4, 0.5) is 0 Å². The lowest BCUT2D eigenvalue weighted by Gasteiger charge is -1.93. The van der Waals surface area contributed by atoms with Crippen molar-refractivity contribution in [1.29, 1.82) is 0 Å². The maximum Gasteiger partial charge on any atom is 0.221 e. The zero-order valence-corrected chi connectivity index (χ0v) is 8.85. The van der Waals surface area contributed by atoms with E-state index in [1.54, 1.807) is 0 Å². The van der Waals surface area contributed by atoms with E-state index in [4.69, 9.17) is 4.42 Å². The molecule has 0 spiro atoms. The van der Waals surface area contributed by atoms with Crippen molar-refractivity contribution >= 4 is 5.57 Å². The molecule has 0 bridgehead atoms. The van der Waals surface area contributed by atoms with Gasteiger partial charge >= 0.3 is 0 Å². The molecule has 1 heterocycles. The summed E-state index contributed by atoms with van der Waals surface area (Å²) >= 11 is 0. The molecular weight excluding hydrogens is 162 g/mol. The first kappa shape index (κ1) is 10.0. The largest absolute Gasteiger partial charge is 0.442 e. The Balaban J connectivity index is 2.82. The molecule has 0 aliphatic rings. The standard InChI is InChI=1S/C11H17NO/c1-5-6-7-8(2)11-12-9(3)10(4)13-11/h7H,5-6H2,1-4H3. The molecule has 2 nitrogen and oxygen atoms in total. The Kier molecular flexibility index (Phi) is 3.29. The normalized spacial score (nSPS) is 12.2. The SMILES string of the molecule is CCCC=C(C)c1nc(C)c(C)o1. The average molecular weight is 179 g/mol. The molecule has 0 aliphatic heterocycles. The molecule has 13 heavy (non-hydrogen) atoms. The summed E-state index contributed by atoms with van der Waals surface area (Å²) in [5.41, 5.74) is 2.12. The predicted molar refractivity (Wildman–Crippen MR) is 54.5 cm³/mol. The van der Waals surface area contributed by atoms with E-state index in [9.17, 15) is 0 Å². The van der Waals surface area contributed by atoms with Crippen molar-refractivity contribution in [2.24, 2.45) is 0 Å². The molecule has 0 radical (unpaired) electrons. The maximum atomic E-state index is 5.49. The van der Waals surface area contributed by atoms with Crippen LogP contribution in [-0.2, 0) is 0 Å². The minimum Gasteiger partial charge on any atom is -0.442 e. The zero-order chi connectivity index (χ0) is 9.84. The van der Waals surface area contributed by atoms with Gasteiger partial charge in [-0.05, 0) is 27.2 Å². The third kappa shape index (κ3) is 2.44. The van der Waals surface area contributed by atoms with Gasteiger partial charge in [-0.25, -0.2) is 4.98 Å². The van der Waals surface area contributed by atoms with Crippen LogP contribution in [-0.4, -0.2) is 4.98 Å². The van der Waals surface area contributed by atoms with Gasteiger partial charge in [-0.2, -0.15) is 0 Å². The van der Waals surface area contributed by atoms with Gasteiger partial charge < -0.3 is 4.42 Å². The van der Waals surface area contributed by atoms with E-state index in [0.717, 1.165) is 35.8 Å². The Hall–Kier alpha value is -1.05. The third-order valence-electron chi connectivity index (χ3n) is 2.11. The van der Waals surface area contributed by atoms with Crippen LogP contribution >= 0.6 is 0 Å². The van der Waals surface area contributed by atoms with Crippen LogP contribution in [0.25, 0.3) is 5.57 Å². The number of aromatic nitrogens is 1. The second-order valence-corrected chi connectivity index (χ2v) is 3.34. The van der Waals surface area contributed by atoms with Crippen molar-refractivity contribution in [1.82, 2.24) is 4.98 Å². The topological polar surface area (TPSA) is 26.0 Å². The molecule has 0 aliphatic carbocycles. The number of rotatable bonds is 3. The van der Waals surface area contributed by atoms with Gasteiger partial charge in [0.2, 0.25) is 5.89 Å². The van der Waals surface area contributed by atoms with Gasteiger partial charge in [-0.3, -0.25) is 0 Å². The third-order valence-corrected chi connectivity index (χ3v) is 2.11. The Bertz CT molecular complexity index is 290. The van der Waals surface area contributed by atoms with E-state index in [2.05, 4.69) is 18.0 Å². The first-order chi connectivity index (χ1) is 6.15. The highest BCUT2D eigenvalue weighted by molar-refractivity contribution is 5.56. The predicted octanol–water partition coefficient (Wildman–Crippen LogP) is 3.49. The lowest BCUT2D eigenvalue weighted by molar-refractivity contribution is 0.511. The molecule has 0 saturated heterocycles. The van der Waals surface area contributed by atoms with Crippen LogP contribution < -0.4 is 0 Å². The average Bonchev–Trinajstić information content (AvgIpc) is 2.43. The number of hydrogen-bond donors (Lipinski definition) is 0. The van der Waals surface area contributed by atoms with Crippen LogP contribution in [0.5, 0.6) is 0 Å². The van der Waals surface area contributed by atoms with Gasteiger partial charge in [-0.1, -0.05) is 19.4 Å². The fourth-order valence-electron chi connectivity index (χ4n) is 1.09. The lowest BCUT2D eigenvalue weighted by atomic mass is 10.2. The lowest BCUT2D eigenvalue weighted by Crippen LogP contribution is -1.79. The summed E-state index contributed by atoms with van der Waals surface area (Å²) < 4.78 is 5.49. The number of aryl methyl sites for hydroxylation is 2. The molecular formula is C11H17NO. The number of unbranched alkanes of at least 4 members (excludes halogenated alkanes) is 1. The minimum atomic E-state index is 0.767. The van der Waals surface area contributed by atoms with Crippen LogP contribution in [0, 0.1) is 13.8 Å². The van der Waals surface area contributed by atoms with E-state index in [1.807, 2.05) is 20.8 Å². The smallest absolute Gasteiger partial charge is 0.221 e. The van der Waals surface area contributed by atoms with Crippen molar-refractivity contribution in [2.45, 2.75) is 40.5 Å². The highest BCUT2D eigenvalue weighted by Crippen LogP contribution is 2.17. The number of nitrogens with zero attached hydrogens (tertiary/aromatic N) is 1. The summed E-state index contributed by atoms with van der Waals surface area (Å²) in [7, 11) is 0. The summed E-state index contributed by atoms with van der Waals surface area (Å²) in [5.74, 6) is 1.68. The quantitative estimate of drug-likeness (QED) is 0.709. The van der Waals surface area contributed by atoms with Crippen molar-refractivity contribution in [3.05, 3.63) is 23.4 Å². The van der Waals surface area contributed by atoms with Gasteiger partial charge in [-0.15, -0.1) is 0 Å². The molecule has 2 heteroatoms. The van der Waals surface area contributed by atoms with Gasteiger partial charge in [0.25, 0.3) is 0 Å². The molecule has 0 saturated carbocycles. The van der Waals surface area contributed by atoms with Gasteiger partial charge in [0.05, 0.1) is 5.69 Å². The molecule has 72 valence electrons.